The predicted molar refractivity (Wildman–Crippen MR) is 112 cm³/mol. The normalized spacial score (nSPS) is 14.0. The van der Waals surface area contributed by atoms with Gasteiger partial charge < -0.3 is 14.8 Å². The van der Waals surface area contributed by atoms with E-state index in [1.807, 2.05) is 17.0 Å². The Hall–Kier alpha value is -3.48. The minimum Gasteiger partial charge on any atom is -0.341 e. The molecule has 0 aliphatic carbocycles. The van der Waals surface area contributed by atoms with Crippen LogP contribution in [0.5, 0.6) is 0 Å². The van der Waals surface area contributed by atoms with Crippen LogP contribution in [0, 0.1) is 5.82 Å². The molecule has 1 saturated heterocycles. The fourth-order valence-electron chi connectivity index (χ4n) is 3.79. The Morgan fingerprint density at radius 1 is 0.933 bits per heavy atom. The van der Waals surface area contributed by atoms with E-state index >= 15 is 0 Å². The fraction of sp³-hybridized carbons (Fsp3) is 0.261. The second-order valence-electron chi connectivity index (χ2n) is 7.42. The first-order chi connectivity index (χ1) is 14.5. The standard InChI is InChI=1S/C23H22FN3O3/c24-16-8-10-17(11-9-16)25-23(30)22(29)19-14-27(20-7-3-2-6-18(19)20)15-21(28)26-12-4-1-5-13-26/h2-3,6-11,14H,1,4-5,12-13,15H2,(H,25,30). The molecule has 3 aromatic rings. The van der Waals surface area contributed by atoms with Crippen LogP contribution in [0.15, 0.2) is 54.7 Å². The fourth-order valence-corrected chi connectivity index (χ4v) is 3.79. The molecular weight excluding hydrogens is 385 g/mol. The van der Waals surface area contributed by atoms with Crippen LogP contribution in [0.3, 0.4) is 0 Å². The van der Waals surface area contributed by atoms with Crippen LogP contribution in [-0.4, -0.2) is 40.2 Å². The predicted octanol–water partition coefficient (Wildman–Crippen LogP) is 3.61. The minimum atomic E-state index is -0.813. The summed E-state index contributed by atoms with van der Waals surface area (Å²) < 4.78 is 14.8. The molecule has 1 fully saturated rings. The smallest absolute Gasteiger partial charge is 0.296 e. The molecular formula is C23H22FN3O3. The largest absolute Gasteiger partial charge is 0.341 e. The number of aromatic nitrogens is 1. The highest BCUT2D eigenvalue weighted by Gasteiger charge is 2.23. The lowest BCUT2D eigenvalue weighted by atomic mass is 10.1. The Balaban J connectivity index is 1.57. The summed E-state index contributed by atoms with van der Waals surface area (Å²) in [7, 11) is 0. The summed E-state index contributed by atoms with van der Waals surface area (Å²) in [5, 5.41) is 3.11. The van der Waals surface area contributed by atoms with E-state index in [2.05, 4.69) is 5.32 Å². The van der Waals surface area contributed by atoms with Crippen molar-refractivity contribution in [1.29, 1.82) is 0 Å². The molecule has 154 valence electrons. The molecule has 0 unspecified atom stereocenters. The lowest BCUT2D eigenvalue weighted by Gasteiger charge is -2.27. The monoisotopic (exact) mass is 407 g/mol. The van der Waals surface area contributed by atoms with Crippen LogP contribution in [0.1, 0.15) is 29.6 Å². The number of halogens is 1. The molecule has 0 atom stereocenters. The summed E-state index contributed by atoms with van der Waals surface area (Å²) in [6.45, 7) is 1.63. The molecule has 6 nitrogen and oxygen atoms in total. The van der Waals surface area contributed by atoms with Gasteiger partial charge in [-0.05, 0) is 49.6 Å². The van der Waals surface area contributed by atoms with Gasteiger partial charge in [0.2, 0.25) is 5.91 Å². The molecule has 30 heavy (non-hydrogen) atoms. The average Bonchev–Trinajstić information content (AvgIpc) is 3.14. The first kappa shape index (κ1) is 19.8. The molecule has 1 N–H and O–H groups in total. The minimum absolute atomic E-state index is 0.00483. The Labute approximate surface area is 173 Å². The highest BCUT2D eigenvalue weighted by Crippen LogP contribution is 2.23. The van der Waals surface area contributed by atoms with Crippen LogP contribution in [0.2, 0.25) is 0 Å². The zero-order chi connectivity index (χ0) is 21.1. The average molecular weight is 407 g/mol. The first-order valence-corrected chi connectivity index (χ1v) is 10.00. The highest BCUT2D eigenvalue weighted by molar-refractivity contribution is 6.48. The summed E-state index contributed by atoms with van der Waals surface area (Å²) in [6.07, 6.45) is 4.72. The number of nitrogens with zero attached hydrogens (tertiary/aromatic N) is 2. The number of benzene rings is 2. The van der Waals surface area contributed by atoms with Crippen LogP contribution in [-0.2, 0) is 16.1 Å². The van der Waals surface area contributed by atoms with Gasteiger partial charge >= 0.3 is 0 Å². The van der Waals surface area contributed by atoms with Gasteiger partial charge in [-0.15, -0.1) is 0 Å². The number of hydrogen-bond acceptors (Lipinski definition) is 3. The Kier molecular flexibility index (Phi) is 5.61. The molecule has 2 heterocycles. The van der Waals surface area contributed by atoms with Crippen LogP contribution >= 0.6 is 0 Å². The van der Waals surface area contributed by atoms with Crippen molar-refractivity contribution in [2.75, 3.05) is 18.4 Å². The number of Topliss-reactive ketones (excluding diaryl/α,β-unsaturated/α-hetero) is 1. The number of rotatable bonds is 5. The molecule has 0 saturated carbocycles. The molecule has 1 aliphatic rings. The SMILES string of the molecule is O=C(Nc1ccc(F)cc1)C(=O)c1cn(CC(=O)N2CCCCC2)c2ccccc12. The molecule has 1 aliphatic heterocycles. The lowest BCUT2D eigenvalue weighted by Crippen LogP contribution is -2.37. The quantitative estimate of drug-likeness (QED) is 0.519. The number of piperidine rings is 1. The van der Waals surface area contributed by atoms with E-state index in [0.717, 1.165) is 37.9 Å². The molecule has 0 radical (unpaired) electrons. The van der Waals surface area contributed by atoms with E-state index in [9.17, 15) is 18.8 Å². The maximum Gasteiger partial charge on any atom is 0.296 e. The van der Waals surface area contributed by atoms with Crippen molar-refractivity contribution in [2.45, 2.75) is 25.8 Å². The van der Waals surface area contributed by atoms with Crippen molar-refractivity contribution in [3.05, 3.63) is 66.1 Å². The Morgan fingerprint density at radius 3 is 2.37 bits per heavy atom. The van der Waals surface area contributed by atoms with E-state index in [1.54, 1.807) is 22.9 Å². The second kappa shape index (κ2) is 8.49. The summed E-state index contributed by atoms with van der Waals surface area (Å²) in [5.74, 6) is -1.95. The van der Waals surface area contributed by atoms with Crippen molar-refractivity contribution >= 4 is 34.2 Å². The molecule has 4 rings (SSSR count). The van der Waals surface area contributed by atoms with Gasteiger partial charge in [0, 0.05) is 35.9 Å². The summed E-state index contributed by atoms with van der Waals surface area (Å²) in [6, 6.07) is 12.4. The number of carbonyl (C=O) groups is 3. The molecule has 0 spiro atoms. The number of fused-ring (bicyclic) bond motifs is 1. The van der Waals surface area contributed by atoms with Gasteiger partial charge in [0.25, 0.3) is 11.7 Å². The van der Waals surface area contributed by atoms with E-state index < -0.39 is 17.5 Å². The van der Waals surface area contributed by atoms with Gasteiger partial charge in [-0.25, -0.2) is 4.39 Å². The number of likely N-dealkylation sites (tertiary alicyclic amines) is 1. The van der Waals surface area contributed by atoms with Crippen LogP contribution < -0.4 is 5.32 Å². The van der Waals surface area contributed by atoms with Crippen LogP contribution in [0.25, 0.3) is 10.9 Å². The number of nitrogens with one attached hydrogen (secondary N) is 1. The van der Waals surface area contributed by atoms with Gasteiger partial charge in [0.05, 0.1) is 5.56 Å². The number of hydrogen-bond donors (Lipinski definition) is 1. The van der Waals surface area contributed by atoms with Crippen molar-refractivity contribution < 1.29 is 18.8 Å². The zero-order valence-electron chi connectivity index (χ0n) is 16.4. The zero-order valence-corrected chi connectivity index (χ0v) is 16.4. The third-order valence-corrected chi connectivity index (χ3v) is 5.36. The van der Waals surface area contributed by atoms with E-state index in [0.29, 0.717) is 11.1 Å². The first-order valence-electron chi connectivity index (χ1n) is 10.00. The number of ketones is 1. The third-order valence-electron chi connectivity index (χ3n) is 5.36. The lowest BCUT2D eigenvalue weighted by molar-refractivity contribution is -0.132. The second-order valence-corrected chi connectivity index (χ2v) is 7.42. The van der Waals surface area contributed by atoms with Crippen molar-refractivity contribution in [3.8, 4) is 0 Å². The number of para-hydroxylation sites is 1. The van der Waals surface area contributed by atoms with Crippen molar-refractivity contribution in [2.24, 2.45) is 0 Å². The Bertz CT molecular complexity index is 1100. The third kappa shape index (κ3) is 4.10. The molecule has 1 aromatic heterocycles. The van der Waals surface area contributed by atoms with Gasteiger partial charge in [-0.3, -0.25) is 14.4 Å². The topological polar surface area (TPSA) is 71.4 Å². The van der Waals surface area contributed by atoms with Gasteiger partial charge in [0.1, 0.15) is 12.4 Å². The maximum atomic E-state index is 13.1. The van der Waals surface area contributed by atoms with E-state index in [-0.39, 0.29) is 18.0 Å². The summed E-state index contributed by atoms with van der Waals surface area (Å²) >= 11 is 0. The number of carbonyl (C=O) groups excluding carboxylic acids is 3. The van der Waals surface area contributed by atoms with Crippen molar-refractivity contribution in [1.82, 2.24) is 9.47 Å². The van der Waals surface area contributed by atoms with Crippen LogP contribution in [0.4, 0.5) is 10.1 Å². The van der Waals surface area contributed by atoms with Gasteiger partial charge in [-0.1, -0.05) is 18.2 Å². The van der Waals surface area contributed by atoms with E-state index in [1.165, 1.54) is 24.3 Å². The van der Waals surface area contributed by atoms with Gasteiger partial charge in [-0.2, -0.15) is 0 Å². The number of amides is 2. The summed E-state index contributed by atoms with van der Waals surface area (Å²) in [4.78, 5) is 39.9. The summed E-state index contributed by atoms with van der Waals surface area (Å²) in [5.41, 5.74) is 1.29. The number of anilines is 1. The molecule has 2 aromatic carbocycles. The van der Waals surface area contributed by atoms with Crippen molar-refractivity contribution in [3.63, 3.8) is 0 Å². The molecule has 2 amide bonds. The van der Waals surface area contributed by atoms with E-state index in [4.69, 9.17) is 0 Å². The Morgan fingerprint density at radius 2 is 1.63 bits per heavy atom. The van der Waals surface area contributed by atoms with Gasteiger partial charge in [0.15, 0.2) is 0 Å². The molecule has 7 heteroatoms. The highest BCUT2D eigenvalue weighted by atomic mass is 19.1. The maximum absolute atomic E-state index is 13.1. The molecule has 0 bridgehead atoms.